The van der Waals surface area contributed by atoms with Gasteiger partial charge in [0.2, 0.25) is 5.95 Å². The number of halogens is 1. The molecule has 1 heterocycles. The molecule has 9 heteroatoms. The smallest absolute Gasteiger partial charge is 0.343 e. The van der Waals surface area contributed by atoms with Crippen molar-refractivity contribution in [3.05, 3.63) is 58.6 Å². The summed E-state index contributed by atoms with van der Waals surface area (Å²) >= 11 is 5.82. The largest absolute Gasteiger partial charge is 0.493 e. The molecule has 0 unspecified atom stereocenters. The molecule has 4 N–H and O–H groups in total. The molecule has 3 aromatic rings. The van der Waals surface area contributed by atoms with Crippen molar-refractivity contribution in [2.45, 2.75) is 0 Å². The Labute approximate surface area is 165 Å². The van der Waals surface area contributed by atoms with E-state index in [1.54, 1.807) is 36.4 Å². The molecule has 28 heavy (non-hydrogen) atoms. The van der Waals surface area contributed by atoms with Crippen LogP contribution in [0.4, 0.5) is 11.8 Å². The molecule has 0 spiro atoms. The topological polar surface area (TPSA) is 137 Å². The van der Waals surface area contributed by atoms with Crippen molar-refractivity contribution in [3.63, 3.8) is 0 Å². The third-order valence-corrected chi connectivity index (χ3v) is 4.04. The van der Waals surface area contributed by atoms with Crippen LogP contribution in [0.2, 0.25) is 5.02 Å². The van der Waals surface area contributed by atoms with Crippen molar-refractivity contribution in [3.8, 4) is 28.8 Å². The number of aromatic nitrogens is 2. The number of hydrogen-bond donors (Lipinski definition) is 2. The van der Waals surface area contributed by atoms with Gasteiger partial charge in [0.1, 0.15) is 17.5 Å². The number of hydrogen-bond acceptors (Lipinski definition) is 8. The van der Waals surface area contributed by atoms with Crippen LogP contribution in [0.3, 0.4) is 0 Å². The van der Waals surface area contributed by atoms with E-state index in [1.165, 1.54) is 13.2 Å². The SMILES string of the molecule is COc1cc(-c2nc(N)nc(N)c2C#N)ccc1OC(=O)c1ccc(Cl)cc1. The monoisotopic (exact) mass is 395 g/mol. The molecule has 0 bridgehead atoms. The molecule has 2 aromatic carbocycles. The highest BCUT2D eigenvalue weighted by atomic mass is 35.5. The molecule has 0 saturated heterocycles. The zero-order valence-electron chi connectivity index (χ0n) is 14.6. The van der Waals surface area contributed by atoms with Crippen LogP contribution in [0.1, 0.15) is 15.9 Å². The minimum Gasteiger partial charge on any atom is -0.493 e. The molecule has 0 radical (unpaired) electrons. The van der Waals surface area contributed by atoms with Gasteiger partial charge in [0.25, 0.3) is 0 Å². The second-order valence-electron chi connectivity index (χ2n) is 5.56. The van der Waals surface area contributed by atoms with Crippen LogP contribution in [-0.4, -0.2) is 23.0 Å². The maximum atomic E-state index is 12.3. The van der Waals surface area contributed by atoms with Crippen molar-refractivity contribution >= 4 is 29.3 Å². The fourth-order valence-electron chi connectivity index (χ4n) is 2.46. The van der Waals surface area contributed by atoms with Gasteiger partial charge in [0.05, 0.1) is 18.4 Å². The first-order valence-electron chi connectivity index (χ1n) is 7.92. The molecule has 0 saturated carbocycles. The first kappa shape index (κ1) is 18.9. The highest BCUT2D eigenvalue weighted by Crippen LogP contribution is 2.34. The van der Waals surface area contributed by atoms with Crippen LogP contribution < -0.4 is 20.9 Å². The Morgan fingerprint density at radius 3 is 2.46 bits per heavy atom. The highest BCUT2D eigenvalue weighted by molar-refractivity contribution is 6.30. The van der Waals surface area contributed by atoms with Crippen LogP contribution in [0.5, 0.6) is 11.5 Å². The van der Waals surface area contributed by atoms with Gasteiger partial charge in [0, 0.05) is 10.6 Å². The number of carbonyl (C=O) groups excluding carboxylic acids is 1. The van der Waals surface area contributed by atoms with E-state index in [0.29, 0.717) is 16.1 Å². The third kappa shape index (κ3) is 3.79. The van der Waals surface area contributed by atoms with Crippen molar-refractivity contribution in [1.29, 1.82) is 5.26 Å². The number of nitriles is 1. The molecule has 1 aromatic heterocycles. The van der Waals surface area contributed by atoms with Gasteiger partial charge >= 0.3 is 5.97 Å². The van der Waals surface area contributed by atoms with E-state index >= 15 is 0 Å². The number of rotatable bonds is 4. The Kier molecular flexibility index (Phi) is 5.29. The normalized spacial score (nSPS) is 10.2. The predicted molar refractivity (Wildman–Crippen MR) is 104 cm³/mol. The molecule has 0 fully saturated rings. The van der Waals surface area contributed by atoms with E-state index in [2.05, 4.69) is 9.97 Å². The molecule has 0 aliphatic carbocycles. The van der Waals surface area contributed by atoms with Gasteiger partial charge in [-0.25, -0.2) is 9.78 Å². The highest BCUT2D eigenvalue weighted by Gasteiger charge is 2.17. The zero-order chi connectivity index (χ0) is 20.3. The van der Waals surface area contributed by atoms with Crippen LogP contribution in [0.15, 0.2) is 42.5 Å². The summed E-state index contributed by atoms with van der Waals surface area (Å²) in [7, 11) is 1.42. The third-order valence-electron chi connectivity index (χ3n) is 3.79. The van der Waals surface area contributed by atoms with E-state index in [1.807, 2.05) is 6.07 Å². The number of ether oxygens (including phenoxy) is 2. The summed E-state index contributed by atoms with van der Waals surface area (Å²) in [5, 5.41) is 9.85. The number of carbonyl (C=O) groups is 1. The predicted octanol–water partition coefficient (Wildman–Crippen LogP) is 3.06. The maximum absolute atomic E-state index is 12.3. The zero-order valence-corrected chi connectivity index (χ0v) is 15.4. The quantitative estimate of drug-likeness (QED) is 0.507. The minimum absolute atomic E-state index is 0.0257. The Morgan fingerprint density at radius 2 is 1.82 bits per heavy atom. The van der Waals surface area contributed by atoms with Gasteiger partial charge in [-0.2, -0.15) is 10.2 Å². The fourth-order valence-corrected chi connectivity index (χ4v) is 2.59. The second-order valence-corrected chi connectivity index (χ2v) is 6.00. The fraction of sp³-hybridized carbons (Fsp3) is 0.0526. The lowest BCUT2D eigenvalue weighted by Gasteiger charge is -2.12. The summed E-state index contributed by atoms with van der Waals surface area (Å²) < 4.78 is 10.7. The van der Waals surface area contributed by atoms with Crippen LogP contribution in [-0.2, 0) is 0 Å². The Morgan fingerprint density at radius 1 is 1.11 bits per heavy atom. The standard InChI is InChI=1S/C19H14ClN5O3/c1-27-15-8-11(16-13(9-21)17(22)25-19(23)24-16)4-7-14(15)28-18(26)10-2-5-12(20)6-3-10/h2-8H,1H3,(H4,22,23,24,25). The first-order chi connectivity index (χ1) is 13.4. The molecule has 8 nitrogen and oxygen atoms in total. The van der Waals surface area contributed by atoms with Gasteiger partial charge in [0.15, 0.2) is 11.5 Å². The molecule has 0 amide bonds. The summed E-state index contributed by atoms with van der Waals surface area (Å²) in [6, 6.07) is 12.9. The lowest BCUT2D eigenvalue weighted by molar-refractivity contribution is 0.0730. The van der Waals surface area contributed by atoms with E-state index in [-0.39, 0.29) is 34.5 Å². The summed E-state index contributed by atoms with van der Waals surface area (Å²) in [5.41, 5.74) is 12.6. The Bertz CT molecular complexity index is 1090. The van der Waals surface area contributed by atoms with Crippen LogP contribution in [0.25, 0.3) is 11.3 Å². The van der Waals surface area contributed by atoms with Crippen molar-refractivity contribution in [2.75, 3.05) is 18.6 Å². The minimum atomic E-state index is -0.573. The number of esters is 1. The molecular weight excluding hydrogens is 382 g/mol. The average molecular weight is 396 g/mol. The van der Waals surface area contributed by atoms with Crippen LogP contribution in [0, 0.1) is 11.3 Å². The van der Waals surface area contributed by atoms with Gasteiger partial charge < -0.3 is 20.9 Å². The van der Waals surface area contributed by atoms with E-state index in [4.69, 9.17) is 32.5 Å². The maximum Gasteiger partial charge on any atom is 0.343 e. The number of anilines is 2. The number of nitrogen functional groups attached to an aromatic ring is 2. The lowest BCUT2D eigenvalue weighted by atomic mass is 10.1. The number of nitrogens with zero attached hydrogens (tertiary/aromatic N) is 3. The van der Waals surface area contributed by atoms with Crippen molar-refractivity contribution < 1.29 is 14.3 Å². The van der Waals surface area contributed by atoms with Crippen molar-refractivity contribution in [1.82, 2.24) is 9.97 Å². The average Bonchev–Trinajstić information content (AvgIpc) is 2.68. The molecule has 0 aliphatic rings. The van der Waals surface area contributed by atoms with E-state index in [0.717, 1.165) is 0 Å². The number of methoxy groups -OCH3 is 1. The van der Waals surface area contributed by atoms with Gasteiger partial charge in [-0.1, -0.05) is 11.6 Å². The molecule has 140 valence electrons. The summed E-state index contributed by atoms with van der Waals surface area (Å²) in [6.45, 7) is 0. The number of benzene rings is 2. The molecule has 3 rings (SSSR count). The lowest BCUT2D eigenvalue weighted by Crippen LogP contribution is -2.09. The van der Waals surface area contributed by atoms with E-state index < -0.39 is 5.97 Å². The van der Waals surface area contributed by atoms with Gasteiger partial charge in [-0.05, 0) is 42.5 Å². The first-order valence-corrected chi connectivity index (χ1v) is 8.30. The Hall–Kier alpha value is -3.83. The molecule has 0 aliphatic heterocycles. The van der Waals surface area contributed by atoms with Gasteiger partial charge in [-0.3, -0.25) is 0 Å². The number of nitrogens with two attached hydrogens (primary N) is 2. The summed E-state index contributed by atoms with van der Waals surface area (Å²) in [6.07, 6.45) is 0. The molecular formula is C19H14ClN5O3. The van der Waals surface area contributed by atoms with Crippen LogP contribution >= 0.6 is 11.6 Å². The van der Waals surface area contributed by atoms with Crippen molar-refractivity contribution in [2.24, 2.45) is 0 Å². The molecule has 0 atom stereocenters. The Balaban J connectivity index is 1.97. The second kappa shape index (κ2) is 7.82. The van der Waals surface area contributed by atoms with E-state index in [9.17, 15) is 10.1 Å². The summed E-state index contributed by atoms with van der Waals surface area (Å²) in [4.78, 5) is 20.2. The summed E-state index contributed by atoms with van der Waals surface area (Å²) in [5.74, 6) is -0.207. The van der Waals surface area contributed by atoms with Gasteiger partial charge in [-0.15, -0.1) is 0 Å².